The van der Waals surface area contributed by atoms with Crippen LogP contribution in [0, 0.1) is 0 Å². The molecule has 0 saturated heterocycles. The molecule has 0 spiro atoms. The first-order valence-electron chi connectivity index (χ1n) is 6.51. The van der Waals surface area contributed by atoms with Gasteiger partial charge in [0.1, 0.15) is 6.61 Å². The monoisotopic (exact) mass is 312 g/mol. The van der Waals surface area contributed by atoms with E-state index in [2.05, 4.69) is 15.3 Å². The molecule has 0 amide bonds. The number of hydrazine groups is 1. The second kappa shape index (κ2) is 7.71. The van der Waals surface area contributed by atoms with Gasteiger partial charge < -0.3 is 4.74 Å². The van der Waals surface area contributed by atoms with Crippen LogP contribution in [0.5, 0.6) is 0 Å². The molecule has 0 fully saturated rings. The van der Waals surface area contributed by atoms with Crippen LogP contribution in [0.2, 0.25) is 0 Å². The normalized spacial score (nSPS) is 13.9. The van der Waals surface area contributed by atoms with Crippen molar-refractivity contribution in [1.29, 1.82) is 0 Å². The maximum Gasteiger partial charge on any atom is 0.330 e. The average Bonchev–Trinajstić information content (AvgIpc) is 2.77. The van der Waals surface area contributed by atoms with E-state index in [1.54, 1.807) is 11.7 Å². The van der Waals surface area contributed by atoms with Gasteiger partial charge >= 0.3 is 12.3 Å². The Bertz CT molecular complexity index is 439. The van der Waals surface area contributed by atoms with Crippen molar-refractivity contribution in [3.05, 3.63) is 17.5 Å². The summed E-state index contributed by atoms with van der Waals surface area (Å²) in [6, 6.07) is 1.40. The van der Waals surface area contributed by atoms with Crippen LogP contribution in [0.1, 0.15) is 18.3 Å². The Labute approximate surface area is 120 Å². The lowest BCUT2D eigenvalue weighted by Crippen LogP contribution is -2.42. The van der Waals surface area contributed by atoms with Crippen LogP contribution in [0.15, 0.2) is 6.07 Å². The van der Waals surface area contributed by atoms with Gasteiger partial charge in [0.15, 0.2) is 0 Å². The minimum atomic E-state index is -4.15. The lowest BCUT2D eigenvalue weighted by Gasteiger charge is -2.19. The van der Waals surface area contributed by atoms with Crippen LogP contribution in [-0.4, -0.2) is 41.4 Å². The number of aryl methyl sites for hydroxylation is 2. The third kappa shape index (κ3) is 5.25. The Balaban J connectivity index is 2.50. The molecule has 0 aliphatic carbocycles. The summed E-state index contributed by atoms with van der Waals surface area (Å²) < 4.78 is 55.7. The first kappa shape index (κ1) is 17.9. The summed E-state index contributed by atoms with van der Waals surface area (Å²) in [5, 5.41) is 4.25. The predicted octanol–water partition coefficient (Wildman–Crippen LogP) is 1.27. The summed E-state index contributed by atoms with van der Waals surface area (Å²) in [5.41, 5.74) is 4.17. The summed E-state index contributed by atoms with van der Waals surface area (Å²) in [5.74, 6) is 1.17. The minimum absolute atomic E-state index is 0.203. The Hall–Kier alpha value is -1.19. The fraction of sp³-hybridized carbons (Fsp3) is 0.750. The van der Waals surface area contributed by atoms with E-state index < -0.39 is 25.0 Å². The molecule has 0 aromatic carbocycles. The van der Waals surface area contributed by atoms with Crippen LogP contribution < -0.4 is 11.3 Å². The molecule has 9 heteroatoms. The number of nitrogens with one attached hydrogen (secondary N) is 1. The molecule has 5 nitrogen and oxygen atoms in total. The van der Waals surface area contributed by atoms with Crippen LogP contribution in [0.4, 0.5) is 17.6 Å². The topological polar surface area (TPSA) is 65.1 Å². The van der Waals surface area contributed by atoms with E-state index in [0.29, 0.717) is 6.42 Å². The highest BCUT2D eigenvalue weighted by atomic mass is 19.3. The molecule has 1 atom stereocenters. The largest absolute Gasteiger partial charge is 0.373 e. The fourth-order valence-electron chi connectivity index (χ4n) is 1.75. The number of nitrogens with two attached hydrogens (primary N) is 1. The van der Waals surface area contributed by atoms with Gasteiger partial charge in [0, 0.05) is 25.2 Å². The third-order valence-electron chi connectivity index (χ3n) is 3.01. The van der Waals surface area contributed by atoms with Gasteiger partial charge in [-0.1, -0.05) is 6.92 Å². The quantitative estimate of drug-likeness (QED) is 0.409. The molecule has 0 aliphatic rings. The second-order valence-electron chi connectivity index (χ2n) is 4.75. The van der Waals surface area contributed by atoms with Crippen LogP contribution in [-0.2, 0) is 24.6 Å². The molecule has 1 rings (SSSR count). The summed E-state index contributed by atoms with van der Waals surface area (Å²) in [7, 11) is 1.76. The van der Waals surface area contributed by atoms with Gasteiger partial charge in [-0.05, 0) is 12.5 Å². The van der Waals surface area contributed by atoms with Crippen molar-refractivity contribution in [3.63, 3.8) is 0 Å². The zero-order chi connectivity index (χ0) is 16.0. The fourth-order valence-corrected chi connectivity index (χ4v) is 1.75. The number of aromatic nitrogens is 2. The molecule has 1 unspecified atom stereocenters. The molecule has 3 N–H and O–H groups in total. The first-order chi connectivity index (χ1) is 9.80. The van der Waals surface area contributed by atoms with Crippen molar-refractivity contribution in [2.75, 3.05) is 13.2 Å². The smallest absolute Gasteiger partial charge is 0.330 e. The highest BCUT2D eigenvalue weighted by molar-refractivity contribution is 5.11. The van der Waals surface area contributed by atoms with Crippen LogP contribution in [0.3, 0.4) is 0 Å². The van der Waals surface area contributed by atoms with Gasteiger partial charge in [-0.2, -0.15) is 13.9 Å². The summed E-state index contributed by atoms with van der Waals surface area (Å²) in [6.45, 7) is 0.417. The van der Waals surface area contributed by atoms with Crippen LogP contribution >= 0.6 is 0 Å². The lowest BCUT2D eigenvalue weighted by molar-refractivity contribution is -0.167. The number of alkyl halides is 4. The SMILES string of the molecule is CCc1cc(CC(COCC(F)(F)C(F)F)NN)n(C)n1. The van der Waals surface area contributed by atoms with E-state index in [4.69, 9.17) is 5.84 Å². The Morgan fingerprint density at radius 3 is 2.62 bits per heavy atom. The van der Waals surface area contributed by atoms with Gasteiger partial charge in [-0.3, -0.25) is 16.0 Å². The third-order valence-corrected chi connectivity index (χ3v) is 3.01. The van der Waals surface area contributed by atoms with Crippen molar-refractivity contribution < 1.29 is 22.3 Å². The highest BCUT2D eigenvalue weighted by Crippen LogP contribution is 2.22. The number of nitrogens with zero attached hydrogens (tertiary/aromatic N) is 2. The van der Waals surface area contributed by atoms with E-state index in [0.717, 1.165) is 17.8 Å². The Kier molecular flexibility index (Phi) is 6.56. The molecule has 1 heterocycles. The minimum Gasteiger partial charge on any atom is -0.373 e. The Morgan fingerprint density at radius 1 is 1.48 bits per heavy atom. The van der Waals surface area contributed by atoms with Gasteiger partial charge in [-0.25, -0.2) is 8.78 Å². The maximum absolute atomic E-state index is 12.7. The lowest BCUT2D eigenvalue weighted by atomic mass is 10.1. The van der Waals surface area contributed by atoms with Crippen molar-refractivity contribution in [3.8, 4) is 0 Å². The molecular weight excluding hydrogens is 292 g/mol. The standard InChI is InChI=1S/C12H20F4N4O/c1-3-8-4-10(20(2)19-8)5-9(18-17)6-21-7-12(15,16)11(13)14/h4,9,11,18H,3,5-7,17H2,1-2H3. The molecular formula is C12H20F4N4O. The van der Waals surface area contributed by atoms with Crippen molar-refractivity contribution in [1.82, 2.24) is 15.2 Å². The average molecular weight is 312 g/mol. The zero-order valence-corrected chi connectivity index (χ0v) is 12.0. The van der Waals surface area contributed by atoms with Crippen molar-refractivity contribution in [2.45, 2.75) is 38.2 Å². The molecule has 1 aromatic heterocycles. The Morgan fingerprint density at radius 2 is 2.14 bits per heavy atom. The van der Waals surface area contributed by atoms with Crippen molar-refractivity contribution in [2.24, 2.45) is 12.9 Å². The maximum atomic E-state index is 12.7. The zero-order valence-electron chi connectivity index (χ0n) is 12.0. The molecule has 1 aromatic rings. The summed E-state index contributed by atoms with van der Waals surface area (Å²) in [6.07, 6.45) is -2.59. The molecule has 0 aliphatic heterocycles. The number of ether oxygens (including phenoxy) is 1. The van der Waals surface area contributed by atoms with Crippen molar-refractivity contribution >= 4 is 0 Å². The van der Waals surface area contributed by atoms with Gasteiger partial charge in [0.25, 0.3) is 0 Å². The molecule has 0 bridgehead atoms. The molecule has 122 valence electrons. The van der Waals surface area contributed by atoms with Gasteiger partial charge in [0.2, 0.25) is 0 Å². The molecule has 0 saturated carbocycles. The van der Waals surface area contributed by atoms with E-state index in [1.165, 1.54) is 0 Å². The van der Waals surface area contributed by atoms with E-state index in [9.17, 15) is 17.6 Å². The van der Waals surface area contributed by atoms with E-state index in [1.807, 2.05) is 13.0 Å². The van der Waals surface area contributed by atoms with E-state index >= 15 is 0 Å². The number of hydrogen-bond acceptors (Lipinski definition) is 4. The number of halogens is 4. The predicted molar refractivity (Wildman–Crippen MR) is 69.2 cm³/mol. The van der Waals surface area contributed by atoms with E-state index in [-0.39, 0.29) is 6.61 Å². The first-order valence-corrected chi connectivity index (χ1v) is 6.51. The van der Waals surface area contributed by atoms with Gasteiger partial charge in [0.05, 0.1) is 12.3 Å². The molecule has 0 radical (unpaired) electrons. The highest BCUT2D eigenvalue weighted by Gasteiger charge is 2.41. The summed E-state index contributed by atoms with van der Waals surface area (Å²) in [4.78, 5) is 0. The summed E-state index contributed by atoms with van der Waals surface area (Å²) >= 11 is 0. The van der Waals surface area contributed by atoms with Crippen LogP contribution in [0.25, 0.3) is 0 Å². The van der Waals surface area contributed by atoms with Gasteiger partial charge in [-0.15, -0.1) is 0 Å². The number of rotatable bonds is 9. The molecule has 21 heavy (non-hydrogen) atoms. The number of hydrogen-bond donors (Lipinski definition) is 2. The second-order valence-corrected chi connectivity index (χ2v) is 4.75.